The summed E-state index contributed by atoms with van der Waals surface area (Å²) in [6.45, 7) is 9.04. The summed E-state index contributed by atoms with van der Waals surface area (Å²) in [7, 11) is 0. The summed E-state index contributed by atoms with van der Waals surface area (Å²) >= 11 is 0. The highest BCUT2D eigenvalue weighted by Crippen LogP contribution is 2.44. The number of ether oxygens (including phenoxy) is 5. The van der Waals surface area contributed by atoms with Gasteiger partial charge in [-0.1, -0.05) is 0 Å². The molecule has 0 aromatic heterocycles. The van der Waals surface area contributed by atoms with Crippen LogP contribution in [0.4, 0.5) is 0 Å². The maximum absolute atomic E-state index is 9.89. The molecule has 3 saturated heterocycles. The van der Waals surface area contributed by atoms with Crippen molar-refractivity contribution in [3.8, 4) is 0 Å². The molecule has 4 unspecified atom stereocenters. The zero-order valence-electron chi connectivity index (χ0n) is 12.0. The molecule has 3 aliphatic rings. The van der Waals surface area contributed by atoms with E-state index in [2.05, 4.69) is 0 Å². The van der Waals surface area contributed by atoms with Crippen LogP contribution in [0.25, 0.3) is 0 Å². The third kappa shape index (κ3) is 2.30. The largest absolute Gasteiger partial charge is 0.391 e. The molecule has 19 heavy (non-hydrogen) atoms. The van der Waals surface area contributed by atoms with Crippen molar-refractivity contribution in [2.45, 2.75) is 83.0 Å². The molecule has 6 nitrogen and oxygen atoms in total. The number of hydrogen-bond donors (Lipinski definition) is 1. The first-order valence-electron chi connectivity index (χ1n) is 6.73. The van der Waals surface area contributed by atoms with E-state index in [4.69, 9.17) is 23.7 Å². The molecule has 3 aliphatic heterocycles. The number of fused-ring (bicyclic) bond motifs is 3. The van der Waals surface area contributed by atoms with E-state index >= 15 is 0 Å². The van der Waals surface area contributed by atoms with Gasteiger partial charge < -0.3 is 28.8 Å². The maximum Gasteiger partial charge on any atom is 0.190 e. The minimum absolute atomic E-state index is 0.296. The van der Waals surface area contributed by atoms with Crippen molar-refractivity contribution >= 4 is 0 Å². The Bertz CT molecular complexity index is 366. The van der Waals surface area contributed by atoms with E-state index in [1.807, 2.05) is 27.7 Å². The molecule has 0 aliphatic carbocycles. The molecular formula is C13H22O6. The highest BCUT2D eigenvalue weighted by molar-refractivity contribution is 5.01. The first-order valence-corrected chi connectivity index (χ1v) is 6.73. The van der Waals surface area contributed by atoms with Crippen molar-refractivity contribution in [3.05, 3.63) is 0 Å². The van der Waals surface area contributed by atoms with Crippen LogP contribution in [0.1, 0.15) is 34.6 Å². The SMILES string of the molecule is C[C@H](O)C1OC2OC(C)(C)OC2[C@@H]2OC(C)(C)OC12. The van der Waals surface area contributed by atoms with Crippen molar-refractivity contribution in [1.82, 2.24) is 0 Å². The summed E-state index contributed by atoms with van der Waals surface area (Å²) in [5, 5.41) is 9.89. The molecule has 110 valence electrons. The topological polar surface area (TPSA) is 66.4 Å². The number of aliphatic hydroxyl groups is 1. The average Bonchev–Trinajstić information content (AvgIpc) is 2.70. The Balaban J connectivity index is 1.89. The summed E-state index contributed by atoms with van der Waals surface area (Å²) in [6.07, 6.45) is -2.67. The zero-order chi connectivity index (χ0) is 14.0. The van der Waals surface area contributed by atoms with Crippen LogP contribution < -0.4 is 0 Å². The fraction of sp³-hybridized carbons (Fsp3) is 1.00. The second kappa shape index (κ2) is 4.13. The van der Waals surface area contributed by atoms with Gasteiger partial charge in [-0.25, -0.2) is 0 Å². The van der Waals surface area contributed by atoms with Crippen LogP contribution >= 0.6 is 0 Å². The van der Waals surface area contributed by atoms with Crippen LogP contribution in [-0.4, -0.2) is 53.5 Å². The van der Waals surface area contributed by atoms with Crippen molar-refractivity contribution in [1.29, 1.82) is 0 Å². The van der Waals surface area contributed by atoms with Crippen molar-refractivity contribution in [3.63, 3.8) is 0 Å². The molecule has 0 radical (unpaired) electrons. The van der Waals surface area contributed by atoms with Gasteiger partial charge in [-0.05, 0) is 34.6 Å². The monoisotopic (exact) mass is 274 g/mol. The molecule has 0 amide bonds. The second-order valence-corrected chi connectivity index (χ2v) is 6.37. The van der Waals surface area contributed by atoms with E-state index in [0.717, 1.165) is 0 Å². The summed E-state index contributed by atoms with van der Waals surface area (Å²) in [4.78, 5) is 0. The Morgan fingerprint density at radius 2 is 1.37 bits per heavy atom. The molecular weight excluding hydrogens is 252 g/mol. The molecule has 3 rings (SSSR count). The van der Waals surface area contributed by atoms with Gasteiger partial charge in [-0.3, -0.25) is 0 Å². The van der Waals surface area contributed by atoms with Gasteiger partial charge in [0.1, 0.15) is 24.4 Å². The lowest BCUT2D eigenvalue weighted by Crippen LogP contribution is -2.57. The highest BCUT2D eigenvalue weighted by atomic mass is 16.9. The molecule has 3 fully saturated rings. The fourth-order valence-corrected chi connectivity index (χ4v) is 3.03. The zero-order valence-corrected chi connectivity index (χ0v) is 12.0. The van der Waals surface area contributed by atoms with Gasteiger partial charge in [0.15, 0.2) is 17.9 Å². The van der Waals surface area contributed by atoms with Crippen molar-refractivity contribution < 1.29 is 28.8 Å². The van der Waals surface area contributed by atoms with Crippen LogP contribution in [0.3, 0.4) is 0 Å². The standard InChI is InChI=1S/C13H22O6/c1-6(14)7-8-9(17-12(2,3)16-8)10-11(15-7)19-13(4,5)18-10/h6-11,14H,1-5H3/t6-,7?,8?,9+,10?,11?/m0/s1. The quantitative estimate of drug-likeness (QED) is 0.761. The minimum atomic E-state index is -0.719. The fourth-order valence-electron chi connectivity index (χ4n) is 3.03. The van der Waals surface area contributed by atoms with Gasteiger partial charge >= 0.3 is 0 Å². The van der Waals surface area contributed by atoms with Gasteiger partial charge in [0.2, 0.25) is 0 Å². The lowest BCUT2D eigenvalue weighted by atomic mass is 9.96. The van der Waals surface area contributed by atoms with Gasteiger partial charge in [0.25, 0.3) is 0 Å². The predicted molar refractivity (Wildman–Crippen MR) is 64.2 cm³/mol. The van der Waals surface area contributed by atoms with E-state index in [1.54, 1.807) is 6.92 Å². The Morgan fingerprint density at radius 1 is 0.842 bits per heavy atom. The lowest BCUT2D eigenvalue weighted by molar-refractivity contribution is -0.250. The first kappa shape index (κ1) is 13.7. The molecule has 0 spiro atoms. The van der Waals surface area contributed by atoms with Crippen LogP contribution in [0.15, 0.2) is 0 Å². The van der Waals surface area contributed by atoms with E-state index in [9.17, 15) is 5.11 Å². The van der Waals surface area contributed by atoms with Crippen LogP contribution in [-0.2, 0) is 23.7 Å². The van der Waals surface area contributed by atoms with E-state index in [1.165, 1.54) is 0 Å². The van der Waals surface area contributed by atoms with E-state index in [0.29, 0.717) is 0 Å². The Hall–Kier alpha value is -0.240. The molecule has 0 aromatic carbocycles. The highest BCUT2D eigenvalue weighted by Gasteiger charge is 2.61. The van der Waals surface area contributed by atoms with Crippen LogP contribution in [0.5, 0.6) is 0 Å². The molecule has 1 N–H and O–H groups in total. The van der Waals surface area contributed by atoms with Gasteiger partial charge in [0.05, 0.1) is 6.10 Å². The lowest BCUT2D eigenvalue weighted by Gasteiger charge is -2.38. The molecule has 6 heteroatoms. The summed E-state index contributed by atoms with van der Waals surface area (Å²) in [5.41, 5.74) is 0. The molecule has 6 atom stereocenters. The van der Waals surface area contributed by atoms with Crippen molar-refractivity contribution in [2.24, 2.45) is 0 Å². The minimum Gasteiger partial charge on any atom is -0.391 e. The van der Waals surface area contributed by atoms with Crippen molar-refractivity contribution in [2.75, 3.05) is 0 Å². The van der Waals surface area contributed by atoms with Crippen LogP contribution in [0, 0.1) is 0 Å². The van der Waals surface area contributed by atoms with Gasteiger partial charge in [-0.2, -0.15) is 0 Å². The third-order valence-corrected chi connectivity index (χ3v) is 3.67. The molecule has 0 saturated carbocycles. The Labute approximate surface area is 112 Å². The van der Waals surface area contributed by atoms with Gasteiger partial charge in [-0.15, -0.1) is 0 Å². The summed E-state index contributed by atoms with van der Waals surface area (Å²) in [6, 6.07) is 0. The third-order valence-electron chi connectivity index (χ3n) is 3.67. The molecule has 3 heterocycles. The number of hydrogen-bond acceptors (Lipinski definition) is 6. The summed E-state index contributed by atoms with van der Waals surface area (Å²) < 4.78 is 29.2. The van der Waals surface area contributed by atoms with E-state index in [-0.39, 0.29) is 18.3 Å². The number of rotatable bonds is 1. The molecule has 0 aromatic rings. The smallest absolute Gasteiger partial charge is 0.190 e. The number of aliphatic hydroxyl groups excluding tert-OH is 1. The normalized spacial score (nSPS) is 48.6. The Kier molecular flexibility index (Phi) is 2.98. The van der Waals surface area contributed by atoms with E-state index < -0.39 is 30.1 Å². The molecule has 0 bridgehead atoms. The second-order valence-electron chi connectivity index (χ2n) is 6.37. The Morgan fingerprint density at radius 3 is 2.00 bits per heavy atom. The first-order chi connectivity index (χ1) is 8.69. The van der Waals surface area contributed by atoms with Gasteiger partial charge in [0, 0.05) is 0 Å². The maximum atomic E-state index is 9.89. The average molecular weight is 274 g/mol. The van der Waals surface area contributed by atoms with Crippen LogP contribution in [0.2, 0.25) is 0 Å². The predicted octanol–water partition coefficient (Wildman–Crippen LogP) is 0.764. The summed E-state index contributed by atoms with van der Waals surface area (Å²) in [5.74, 6) is -1.43.